The summed E-state index contributed by atoms with van der Waals surface area (Å²) in [5.41, 5.74) is 0. The molecule has 0 atom stereocenters. The van der Waals surface area contributed by atoms with E-state index in [2.05, 4.69) is 9.47 Å². The van der Waals surface area contributed by atoms with Crippen molar-refractivity contribution in [3.05, 3.63) is 12.2 Å². The topological polar surface area (TPSA) is 52.6 Å². The van der Waals surface area contributed by atoms with Crippen molar-refractivity contribution in [2.75, 3.05) is 13.2 Å². The van der Waals surface area contributed by atoms with Crippen molar-refractivity contribution in [1.82, 2.24) is 0 Å². The van der Waals surface area contributed by atoms with E-state index in [0.717, 1.165) is 12.2 Å². The molecule has 0 aromatic heterocycles. The van der Waals surface area contributed by atoms with E-state index in [1.165, 1.54) is 0 Å². The Kier molecular flexibility index (Phi) is 11.4. The number of hydrogen-bond donors (Lipinski definition) is 0. The van der Waals surface area contributed by atoms with Crippen LogP contribution in [0.4, 0.5) is 0 Å². The van der Waals surface area contributed by atoms with Gasteiger partial charge in [0.15, 0.2) is 0 Å². The number of carbonyl (C=O) groups excluding carboxylic acids is 2. The molecule has 5 heteroatoms. The third-order valence-corrected chi connectivity index (χ3v) is 0.929. The van der Waals surface area contributed by atoms with Crippen molar-refractivity contribution in [2.45, 2.75) is 13.8 Å². The zero-order chi connectivity index (χ0) is 9.40. The van der Waals surface area contributed by atoms with Gasteiger partial charge in [0.25, 0.3) is 0 Å². The molecule has 0 aliphatic heterocycles. The van der Waals surface area contributed by atoms with Crippen molar-refractivity contribution >= 4 is 11.9 Å². The van der Waals surface area contributed by atoms with Gasteiger partial charge in [0.1, 0.15) is 0 Å². The summed E-state index contributed by atoms with van der Waals surface area (Å²) in [6, 6.07) is 0. The fourth-order valence-electron chi connectivity index (χ4n) is 0.517. The average molecular weight is 196 g/mol. The van der Waals surface area contributed by atoms with E-state index >= 15 is 0 Å². The van der Waals surface area contributed by atoms with Crippen LogP contribution in [0.3, 0.4) is 0 Å². The molecule has 0 radical (unpaired) electrons. The SMILES string of the molecule is CCOC(=O)C=CC(=O)OCC.[H-].[Na+]. The summed E-state index contributed by atoms with van der Waals surface area (Å²) in [6.45, 7) is 3.98. The van der Waals surface area contributed by atoms with Crippen LogP contribution in [-0.4, -0.2) is 25.2 Å². The van der Waals surface area contributed by atoms with E-state index in [4.69, 9.17) is 0 Å². The Bertz CT molecular complexity index is 174. The number of esters is 2. The normalized spacial score (nSPS) is 9.08. The minimum atomic E-state index is -0.537. The molecule has 0 aliphatic carbocycles. The largest absolute Gasteiger partial charge is 1.00 e. The summed E-state index contributed by atoms with van der Waals surface area (Å²) in [4.78, 5) is 21.3. The van der Waals surface area contributed by atoms with Gasteiger partial charge in [-0.25, -0.2) is 9.59 Å². The van der Waals surface area contributed by atoms with E-state index in [1.807, 2.05) is 0 Å². The molecule has 0 unspecified atom stereocenters. The molecule has 0 N–H and O–H groups in total. The molecule has 70 valence electrons. The van der Waals surface area contributed by atoms with Crippen LogP contribution < -0.4 is 29.6 Å². The number of carbonyl (C=O) groups is 2. The molecule has 0 saturated heterocycles. The Morgan fingerprint density at radius 2 is 1.38 bits per heavy atom. The van der Waals surface area contributed by atoms with Gasteiger partial charge in [0.05, 0.1) is 13.2 Å². The first-order chi connectivity index (χ1) is 5.70. The molecule has 0 amide bonds. The van der Waals surface area contributed by atoms with Crippen molar-refractivity contribution < 1.29 is 50.0 Å². The molecule has 4 nitrogen and oxygen atoms in total. The Morgan fingerprint density at radius 3 is 1.62 bits per heavy atom. The quantitative estimate of drug-likeness (QED) is 0.290. The van der Waals surface area contributed by atoms with E-state index in [1.54, 1.807) is 13.8 Å². The second-order valence-electron chi connectivity index (χ2n) is 1.84. The second-order valence-corrected chi connectivity index (χ2v) is 1.84. The van der Waals surface area contributed by atoms with Crippen LogP contribution in [0, 0.1) is 0 Å². The van der Waals surface area contributed by atoms with Crippen LogP contribution >= 0.6 is 0 Å². The fourth-order valence-corrected chi connectivity index (χ4v) is 0.517. The zero-order valence-electron chi connectivity index (χ0n) is 9.20. The maximum absolute atomic E-state index is 10.6. The van der Waals surface area contributed by atoms with Gasteiger partial charge in [0, 0.05) is 12.2 Å². The van der Waals surface area contributed by atoms with Crippen LogP contribution in [0.5, 0.6) is 0 Å². The van der Waals surface area contributed by atoms with Crippen LogP contribution in [0.25, 0.3) is 0 Å². The maximum Gasteiger partial charge on any atom is 1.00 e. The van der Waals surface area contributed by atoms with Gasteiger partial charge in [-0.05, 0) is 13.8 Å². The molecule has 0 spiro atoms. The van der Waals surface area contributed by atoms with Crippen molar-refractivity contribution in [1.29, 1.82) is 0 Å². The van der Waals surface area contributed by atoms with E-state index < -0.39 is 11.9 Å². The number of hydrogen-bond acceptors (Lipinski definition) is 4. The van der Waals surface area contributed by atoms with E-state index in [9.17, 15) is 9.59 Å². The third kappa shape index (κ3) is 9.60. The molecular weight excluding hydrogens is 183 g/mol. The summed E-state index contributed by atoms with van der Waals surface area (Å²) >= 11 is 0. The average Bonchev–Trinajstić information content (AvgIpc) is 2.02. The Hall–Kier alpha value is -0.320. The van der Waals surface area contributed by atoms with Gasteiger partial charge in [-0.2, -0.15) is 0 Å². The molecule has 0 rings (SSSR count). The minimum absolute atomic E-state index is 0. The number of rotatable bonds is 4. The van der Waals surface area contributed by atoms with Crippen molar-refractivity contribution in [3.63, 3.8) is 0 Å². The molecule has 0 aromatic carbocycles. The second kappa shape index (κ2) is 9.77. The van der Waals surface area contributed by atoms with E-state index in [-0.39, 0.29) is 31.0 Å². The predicted octanol–water partition coefficient (Wildman–Crippen LogP) is -2.21. The summed E-state index contributed by atoms with van der Waals surface area (Å²) in [7, 11) is 0. The predicted molar refractivity (Wildman–Crippen MR) is 43.5 cm³/mol. The van der Waals surface area contributed by atoms with Crippen LogP contribution in [-0.2, 0) is 19.1 Å². The first kappa shape index (κ1) is 15.2. The molecule has 0 aromatic rings. The fraction of sp³-hybridized carbons (Fsp3) is 0.500. The molecule has 0 bridgehead atoms. The summed E-state index contributed by atoms with van der Waals surface area (Å²) in [5.74, 6) is -1.07. The van der Waals surface area contributed by atoms with Gasteiger partial charge in [0.2, 0.25) is 0 Å². The van der Waals surface area contributed by atoms with Crippen LogP contribution in [0.15, 0.2) is 12.2 Å². The van der Waals surface area contributed by atoms with Gasteiger partial charge < -0.3 is 10.9 Å². The van der Waals surface area contributed by atoms with Crippen LogP contribution in [0.2, 0.25) is 0 Å². The smallest absolute Gasteiger partial charge is 1.00 e. The van der Waals surface area contributed by atoms with Crippen LogP contribution in [0.1, 0.15) is 15.3 Å². The molecule has 0 saturated carbocycles. The Labute approximate surface area is 101 Å². The van der Waals surface area contributed by atoms with Crippen molar-refractivity contribution in [3.8, 4) is 0 Å². The molecular formula is C8H13NaO4. The van der Waals surface area contributed by atoms with Gasteiger partial charge in [-0.15, -0.1) is 0 Å². The molecule has 0 fully saturated rings. The molecule has 13 heavy (non-hydrogen) atoms. The summed E-state index contributed by atoms with van der Waals surface area (Å²) in [6.07, 6.45) is 2.09. The first-order valence-corrected chi connectivity index (χ1v) is 3.72. The molecule has 0 aliphatic rings. The van der Waals surface area contributed by atoms with E-state index in [0.29, 0.717) is 13.2 Å². The summed E-state index contributed by atoms with van der Waals surface area (Å²) in [5, 5.41) is 0. The zero-order valence-corrected chi connectivity index (χ0v) is 10.2. The third-order valence-electron chi connectivity index (χ3n) is 0.929. The summed E-state index contributed by atoms with van der Waals surface area (Å²) < 4.78 is 9.07. The Morgan fingerprint density at radius 1 is 1.08 bits per heavy atom. The van der Waals surface area contributed by atoms with Gasteiger partial charge >= 0.3 is 41.5 Å². The Balaban J connectivity index is -0.000000605. The minimum Gasteiger partial charge on any atom is -1.00 e. The van der Waals surface area contributed by atoms with Gasteiger partial charge in [-0.3, -0.25) is 0 Å². The van der Waals surface area contributed by atoms with Gasteiger partial charge in [-0.1, -0.05) is 0 Å². The maximum atomic E-state index is 10.6. The first-order valence-electron chi connectivity index (χ1n) is 3.72. The molecule has 0 heterocycles. The monoisotopic (exact) mass is 196 g/mol. The standard InChI is InChI=1S/C8H12O4.Na.H/c1-3-11-7(9)5-6-8(10)12-4-2;;/h5-6H,3-4H2,1-2H3;;/q;+1;-1. The van der Waals surface area contributed by atoms with Crippen molar-refractivity contribution in [2.24, 2.45) is 0 Å². The number of ether oxygens (including phenoxy) is 2.